The van der Waals surface area contributed by atoms with Gasteiger partial charge in [-0.25, -0.2) is 9.59 Å². The van der Waals surface area contributed by atoms with Gasteiger partial charge in [-0.2, -0.15) is 5.26 Å². The highest BCUT2D eigenvalue weighted by atomic mass is 16.6. The molecule has 1 aliphatic heterocycles. The standard InChI is InChI=1S/C27H31N3O6/c1-18(2)12-24(36-27(34)30-11-10-20-7-3-4-8-22(20)15-30)25(31)29-23(14-28)17-35-16-19-6-5-9-21(13-19)26(32)33/h3-9,13,18,23-24H,10-12,15-17H2,1-2H3,(H,29,31)(H,32,33)/t23-,24+/m1/s1. The number of carboxylic acid groups (broad SMARTS) is 1. The molecule has 2 atom stereocenters. The van der Waals surface area contributed by atoms with Gasteiger partial charge in [-0.1, -0.05) is 50.2 Å². The summed E-state index contributed by atoms with van der Waals surface area (Å²) >= 11 is 0. The van der Waals surface area contributed by atoms with E-state index in [1.165, 1.54) is 17.7 Å². The average molecular weight is 494 g/mol. The third-order valence-electron chi connectivity index (χ3n) is 5.81. The number of fused-ring (bicyclic) bond motifs is 1. The molecular formula is C27H31N3O6. The smallest absolute Gasteiger partial charge is 0.410 e. The van der Waals surface area contributed by atoms with E-state index in [1.807, 2.05) is 44.2 Å². The van der Waals surface area contributed by atoms with E-state index in [4.69, 9.17) is 14.6 Å². The molecule has 0 saturated heterocycles. The number of nitrogens with one attached hydrogen (secondary N) is 1. The molecule has 2 amide bonds. The summed E-state index contributed by atoms with van der Waals surface area (Å²) in [6.07, 6.45) is -0.579. The van der Waals surface area contributed by atoms with Gasteiger partial charge in [0.1, 0.15) is 6.04 Å². The summed E-state index contributed by atoms with van der Waals surface area (Å²) in [7, 11) is 0. The topological polar surface area (TPSA) is 129 Å². The second-order valence-electron chi connectivity index (χ2n) is 9.15. The molecule has 3 rings (SSSR count). The monoisotopic (exact) mass is 493 g/mol. The molecule has 1 heterocycles. The van der Waals surface area contributed by atoms with Crippen molar-refractivity contribution in [2.45, 2.75) is 52.0 Å². The molecule has 0 aromatic heterocycles. The fourth-order valence-electron chi connectivity index (χ4n) is 3.95. The molecule has 0 fully saturated rings. The summed E-state index contributed by atoms with van der Waals surface area (Å²) in [5.41, 5.74) is 3.02. The van der Waals surface area contributed by atoms with Crippen molar-refractivity contribution < 1.29 is 29.0 Å². The maximum Gasteiger partial charge on any atom is 0.410 e. The lowest BCUT2D eigenvalue weighted by Crippen LogP contribution is -2.47. The van der Waals surface area contributed by atoms with E-state index in [2.05, 4.69) is 5.32 Å². The highest BCUT2D eigenvalue weighted by Gasteiger charge is 2.30. The summed E-state index contributed by atoms with van der Waals surface area (Å²) in [4.78, 5) is 38.5. The van der Waals surface area contributed by atoms with Crippen LogP contribution in [0.1, 0.15) is 47.3 Å². The number of hydrogen-bond acceptors (Lipinski definition) is 6. The zero-order chi connectivity index (χ0) is 26.1. The molecule has 2 aromatic carbocycles. The number of nitriles is 1. The second-order valence-corrected chi connectivity index (χ2v) is 9.15. The van der Waals surface area contributed by atoms with E-state index in [1.54, 1.807) is 17.0 Å². The number of amides is 2. The Balaban J connectivity index is 1.55. The molecule has 9 heteroatoms. The minimum absolute atomic E-state index is 0.0777. The Morgan fingerprint density at radius 2 is 1.89 bits per heavy atom. The number of carboxylic acids is 1. The van der Waals surface area contributed by atoms with Gasteiger partial charge in [-0.3, -0.25) is 4.79 Å². The molecule has 0 unspecified atom stereocenters. The largest absolute Gasteiger partial charge is 0.478 e. The van der Waals surface area contributed by atoms with Crippen molar-refractivity contribution in [3.63, 3.8) is 0 Å². The van der Waals surface area contributed by atoms with Gasteiger partial charge in [0.25, 0.3) is 5.91 Å². The highest BCUT2D eigenvalue weighted by molar-refractivity contribution is 5.87. The van der Waals surface area contributed by atoms with Gasteiger partial charge < -0.3 is 24.8 Å². The van der Waals surface area contributed by atoms with E-state index in [0.717, 1.165) is 12.0 Å². The fraction of sp³-hybridized carbons (Fsp3) is 0.407. The van der Waals surface area contributed by atoms with Crippen LogP contribution < -0.4 is 5.32 Å². The first-order valence-corrected chi connectivity index (χ1v) is 11.9. The number of benzene rings is 2. The Morgan fingerprint density at radius 1 is 1.14 bits per heavy atom. The van der Waals surface area contributed by atoms with Crippen molar-refractivity contribution in [2.24, 2.45) is 5.92 Å². The van der Waals surface area contributed by atoms with Crippen LogP contribution in [0.3, 0.4) is 0 Å². The van der Waals surface area contributed by atoms with Gasteiger partial charge in [0.05, 0.1) is 24.8 Å². The van der Waals surface area contributed by atoms with Crippen molar-refractivity contribution in [1.82, 2.24) is 10.2 Å². The molecule has 1 aliphatic rings. The SMILES string of the molecule is CC(C)C[C@H](OC(=O)N1CCc2ccccc2C1)C(=O)N[C@H](C#N)COCc1cccc(C(=O)O)c1. The van der Waals surface area contributed by atoms with E-state index in [9.17, 15) is 19.6 Å². The number of hydrogen-bond donors (Lipinski definition) is 2. The highest BCUT2D eigenvalue weighted by Crippen LogP contribution is 2.20. The maximum absolute atomic E-state index is 12.9. The molecule has 0 saturated carbocycles. The van der Waals surface area contributed by atoms with Crippen molar-refractivity contribution >= 4 is 18.0 Å². The maximum atomic E-state index is 12.9. The van der Waals surface area contributed by atoms with Crippen LogP contribution in [0.4, 0.5) is 4.79 Å². The predicted octanol–water partition coefficient (Wildman–Crippen LogP) is 3.52. The van der Waals surface area contributed by atoms with Crippen LogP contribution in [0.2, 0.25) is 0 Å². The zero-order valence-corrected chi connectivity index (χ0v) is 20.5. The Labute approximate surface area is 210 Å². The van der Waals surface area contributed by atoms with Gasteiger partial charge in [-0.05, 0) is 47.6 Å². The summed E-state index contributed by atoms with van der Waals surface area (Å²) in [5, 5.41) is 21.2. The predicted molar refractivity (Wildman–Crippen MR) is 131 cm³/mol. The molecule has 2 N–H and O–H groups in total. The van der Waals surface area contributed by atoms with Crippen LogP contribution in [-0.2, 0) is 33.8 Å². The Kier molecular flexibility index (Phi) is 9.42. The summed E-state index contributed by atoms with van der Waals surface area (Å²) < 4.78 is 11.1. The summed E-state index contributed by atoms with van der Waals surface area (Å²) in [5.74, 6) is -1.52. The first-order valence-electron chi connectivity index (χ1n) is 11.9. The van der Waals surface area contributed by atoms with Crippen molar-refractivity contribution in [3.05, 3.63) is 70.8 Å². The molecule has 0 radical (unpaired) electrons. The Bertz CT molecular complexity index is 1130. The van der Waals surface area contributed by atoms with Crippen LogP contribution >= 0.6 is 0 Å². The van der Waals surface area contributed by atoms with Gasteiger partial charge in [-0.15, -0.1) is 0 Å². The van der Waals surface area contributed by atoms with E-state index >= 15 is 0 Å². The summed E-state index contributed by atoms with van der Waals surface area (Å²) in [6, 6.07) is 15.2. The fourth-order valence-corrected chi connectivity index (χ4v) is 3.95. The first kappa shape index (κ1) is 26.7. The van der Waals surface area contributed by atoms with Crippen molar-refractivity contribution in [1.29, 1.82) is 5.26 Å². The first-order chi connectivity index (χ1) is 17.3. The van der Waals surface area contributed by atoms with E-state index < -0.39 is 30.1 Å². The van der Waals surface area contributed by atoms with E-state index in [0.29, 0.717) is 25.1 Å². The molecule has 0 aliphatic carbocycles. The molecule has 36 heavy (non-hydrogen) atoms. The number of carbonyl (C=O) groups is 3. The van der Waals surface area contributed by atoms with Gasteiger partial charge in [0, 0.05) is 13.1 Å². The third kappa shape index (κ3) is 7.55. The summed E-state index contributed by atoms with van der Waals surface area (Å²) in [6.45, 7) is 4.73. The van der Waals surface area contributed by atoms with Crippen LogP contribution in [0.25, 0.3) is 0 Å². The lowest BCUT2D eigenvalue weighted by Gasteiger charge is -2.30. The number of carbonyl (C=O) groups excluding carboxylic acids is 2. The molecule has 9 nitrogen and oxygen atoms in total. The number of ether oxygens (including phenoxy) is 2. The third-order valence-corrected chi connectivity index (χ3v) is 5.81. The second kappa shape index (κ2) is 12.7. The van der Waals surface area contributed by atoms with Crippen molar-refractivity contribution in [2.75, 3.05) is 13.2 Å². The lowest BCUT2D eigenvalue weighted by molar-refractivity contribution is -0.131. The minimum Gasteiger partial charge on any atom is -0.478 e. The normalized spacial score (nSPS) is 14.3. The van der Waals surface area contributed by atoms with Crippen LogP contribution in [-0.4, -0.2) is 53.3 Å². The van der Waals surface area contributed by atoms with Crippen LogP contribution in [0.15, 0.2) is 48.5 Å². The number of aromatic carboxylic acids is 1. The molecule has 190 valence electrons. The number of rotatable bonds is 10. The van der Waals surface area contributed by atoms with Crippen LogP contribution in [0, 0.1) is 17.2 Å². The Morgan fingerprint density at radius 3 is 2.58 bits per heavy atom. The zero-order valence-electron chi connectivity index (χ0n) is 20.5. The average Bonchev–Trinajstić information content (AvgIpc) is 2.87. The lowest BCUT2D eigenvalue weighted by atomic mass is 10.0. The Hall–Kier alpha value is -3.90. The van der Waals surface area contributed by atoms with Gasteiger partial charge in [0.15, 0.2) is 6.10 Å². The van der Waals surface area contributed by atoms with E-state index in [-0.39, 0.29) is 24.7 Å². The molecule has 0 bridgehead atoms. The molecule has 0 spiro atoms. The van der Waals surface area contributed by atoms with Crippen molar-refractivity contribution in [3.8, 4) is 6.07 Å². The minimum atomic E-state index is -1.04. The quantitative estimate of drug-likeness (QED) is 0.518. The molecular weight excluding hydrogens is 462 g/mol. The van der Waals surface area contributed by atoms with Crippen LogP contribution in [0.5, 0.6) is 0 Å². The van der Waals surface area contributed by atoms with Gasteiger partial charge >= 0.3 is 12.1 Å². The van der Waals surface area contributed by atoms with Gasteiger partial charge in [0.2, 0.25) is 0 Å². The molecule has 2 aromatic rings. The number of nitrogens with zero attached hydrogens (tertiary/aromatic N) is 2.